The van der Waals surface area contributed by atoms with E-state index in [-0.39, 0.29) is 0 Å². The first-order valence-corrected chi connectivity index (χ1v) is 7.40. The van der Waals surface area contributed by atoms with Crippen LogP contribution in [-0.2, 0) is 0 Å². The zero-order valence-corrected chi connectivity index (χ0v) is 12.1. The first-order valence-electron chi connectivity index (χ1n) is 7.40. The second-order valence-electron chi connectivity index (χ2n) is 7.17. The SMILES string of the molecule is CNC(CN1CCC(C(C)(C)C)CC1)C1CC1. The summed E-state index contributed by atoms with van der Waals surface area (Å²) in [5.41, 5.74) is 0.505. The molecule has 0 aromatic carbocycles. The molecule has 1 saturated carbocycles. The number of rotatable bonds is 4. The summed E-state index contributed by atoms with van der Waals surface area (Å²) in [6, 6.07) is 0.751. The van der Waals surface area contributed by atoms with Crippen molar-refractivity contribution in [2.45, 2.75) is 52.5 Å². The van der Waals surface area contributed by atoms with Gasteiger partial charge in [0.1, 0.15) is 0 Å². The van der Waals surface area contributed by atoms with Crippen LogP contribution in [-0.4, -0.2) is 37.6 Å². The van der Waals surface area contributed by atoms with Gasteiger partial charge in [0.2, 0.25) is 0 Å². The Kier molecular flexibility index (Phi) is 4.14. The highest BCUT2D eigenvalue weighted by atomic mass is 15.2. The zero-order valence-electron chi connectivity index (χ0n) is 12.1. The predicted molar refractivity (Wildman–Crippen MR) is 74.2 cm³/mol. The van der Waals surface area contributed by atoms with E-state index in [2.05, 4.69) is 38.0 Å². The average molecular weight is 238 g/mol. The van der Waals surface area contributed by atoms with Gasteiger partial charge in [0.05, 0.1) is 0 Å². The first-order chi connectivity index (χ1) is 8.00. The third kappa shape index (κ3) is 3.69. The molecule has 0 radical (unpaired) electrons. The monoisotopic (exact) mass is 238 g/mol. The number of likely N-dealkylation sites (N-methyl/N-ethyl adjacent to an activating group) is 1. The van der Waals surface area contributed by atoms with Gasteiger partial charge in [0.25, 0.3) is 0 Å². The van der Waals surface area contributed by atoms with E-state index in [1.54, 1.807) is 0 Å². The second-order valence-corrected chi connectivity index (χ2v) is 7.17. The number of nitrogens with zero attached hydrogens (tertiary/aromatic N) is 1. The number of likely N-dealkylation sites (tertiary alicyclic amines) is 1. The lowest BCUT2D eigenvalue weighted by molar-refractivity contribution is 0.104. The molecule has 1 aliphatic heterocycles. The molecule has 1 saturated heterocycles. The Bertz CT molecular complexity index is 232. The van der Waals surface area contributed by atoms with Crippen LogP contribution in [0.5, 0.6) is 0 Å². The van der Waals surface area contributed by atoms with E-state index in [0.717, 1.165) is 17.9 Å². The van der Waals surface area contributed by atoms with Crippen LogP contribution >= 0.6 is 0 Å². The number of hydrogen-bond donors (Lipinski definition) is 1. The summed E-state index contributed by atoms with van der Waals surface area (Å²) in [6.45, 7) is 11.1. The normalized spacial score (nSPS) is 26.1. The molecule has 0 bridgehead atoms. The lowest BCUT2D eigenvalue weighted by Gasteiger charge is -2.39. The highest BCUT2D eigenvalue weighted by molar-refractivity contribution is 4.89. The van der Waals surface area contributed by atoms with Crippen molar-refractivity contribution in [3.05, 3.63) is 0 Å². The number of piperidine rings is 1. The van der Waals surface area contributed by atoms with Gasteiger partial charge in [-0.25, -0.2) is 0 Å². The minimum Gasteiger partial charge on any atom is -0.315 e. The Morgan fingerprint density at radius 1 is 1.12 bits per heavy atom. The maximum Gasteiger partial charge on any atom is 0.0220 e. The van der Waals surface area contributed by atoms with Gasteiger partial charge in [-0.2, -0.15) is 0 Å². The van der Waals surface area contributed by atoms with Crippen LogP contribution in [0.2, 0.25) is 0 Å². The van der Waals surface area contributed by atoms with Gasteiger partial charge in [-0.3, -0.25) is 0 Å². The van der Waals surface area contributed by atoms with Crippen molar-refractivity contribution in [1.29, 1.82) is 0 Å². The van der Waals surface area contributed by atoms with Crippen molar-refractivity contribution in [2.24, 2.45) is 17.3 Å². The third-order valence-electron chi connectivity index (χ3n) is 4.83. The van der Waals surface area contributed by atoms with E-state index in [0.29, 0.717) is 5.41 Å². The smallest absolute Gasteiger partial charge is 0.0220 e. The van der Waals surface area contributed by atoms with Gasteiger partial charge in [-0.1, -0.05) is 20.8 Å². The van der Waals surface area contributed by atoms with Crippen LogP contribution < -0.4 is 5.32 Å². The van der Waals surface area contributed by atoms with Crippen molar-refractivity contribution in [1.82, 2.24) is 10.2 Å². The van der Waals surface area contributed by atoms with Gasteiger partial charge in [0.15, 0.2) is 0 Å². The molecule has 17 heavy (non-hydrogen) atoms. The molecule has 2 fully saturated rings. The first kappa shape index (κ1) is 13.4. The number of nitrogens with one attached hydrogen (secondary N) is 1. The van der Waals surface area contributed by atoms with Crippen molar-refractivity contribution in [3.63, 3.8) is 0 Å². The molecule has 0 aromatic rings. The fourth-order valence-corrected chi connectivity index (χ4v) is 3.23. The third-order valence-corrected chi connectivity index (χ3v) is 4.83. The molecule has 2 heteroatoms. The van der Waals surface area contributed by atoms with Gasteiger partial charge >= 0.3 is 0 Å². The van der Waals surface area contributed by atoms with E-state index in [9.17, 15) is 0 Å². The quantitative estimate of drug-likeness (QED) is 0.810. The molecular weight excluding hydrogens is 208 g/mol. The maximum atomic E-state index is 3.51. The van der Waals surface area contributed by atoms with Gasteiger partial charge in [0, 0.05) is 12.6 Å². The van der Waals surface area contributed by atoms with Crippen LogP contribution in [0.3, 0.4) is 0 Å². The van der Waals surface area contributed by atoms with E-state index in [1.807, 2.05) is 0 Å². The Balaban J connectivity index is 1.75. The average Bonchev–Trinajstić information content (AvgIpc) is 3.09. The molecule has 0 spiro atoms. The lowest BCUT2D eigenvalue weighted by Crippen LogP contribution is -2.45. The Morgan fingerprint density at radius 2 is 1.71 bits per heavy atom. The van der Waals surface area contributed by atoms with Gasteiger partial charge < -0.3 is 10.2 Å². The minimum atomic E-state index is 0.505. The standard InChI is InChI=1S/C15H30N2/c1-15(2,3)13-7-9-17(10-8-13)11-14(16-4)12-5-6-12/h12-14,16H,5-11H2,1-4H3. The molecule has 2 nitrogen and oxygen atoms in total. The fourth-order valence-electron chi connectivity index (χ4n) is 3.23. The largest absolute Gasteiger partial charge is 0.315 e. The van der Waals surface area contributed by atoms with Crippen molar-refractivity contribution >= 4 is 0 Å². The van der Waals surface area contributed by atoms with Crippen LogP contribution in [0.4, 0.5) is 0 Å². The zero-order chi connectivity index (χ0) is 12.5. The molecule has 1 unspecified atom stereocenters. The number of hydrogen-bond acceptors (Lipinski definition) is 2. The molecule has 0 aromatic heterocycles. The maximum absolute atomic E-state index is 3.51. The summed E-state index contributed by atoms with van der Waals surface area (Å²) in [5.74, 6) is 1.90. The second kappa shape index (κ2) is 5.27. The molecule has 0 amide bonds. The molecule has 1 aliphatic carbocycles. The summed E-state index contributed by atoms with van der Waals surface area (Å²) in [4.78, 5) is 2.68. The van der Waals surface area contributed by atoms with E-state index in [4.69, 9.17) is 0 Å². The van der Waals surface area contributed by atoms with Crippen LogP contribution in [0.1, 0.15) is 46.5 Å². The predicted octanol–water partition coefficient (Wildman–Crippen LogP) is 2.74. The van der Waals surface area contributed by atoms with E-state index >= 15 is 0 Å². The molecule has 1 heterocycles. The molecule has 2 rings (SSSR count). The Morgan fingerprint density at radius 3 is 2.12 bits per heavy atom. The van der Waals surface area contributed by atoms with Crippen LogP contribution in [0.25, 0.3) is 0 Å². The minimum absolute atomic E-state index is 0.505. The Hall–Kier alpha value is -0.0800. The summed E-state index contributed by atoms with van der Waals surface area (Å²) in [6.07, 6.45) is 5.68. The molecule has 1 N–H and O–H groups in total. The van der Waals surface area contributed by atoms with Gasteiger partial charge in [-0.15, -0.1) is 0 Å². The summed E-state index contributed by atoms with van der Waals surface area (Å²) in [5, 5.41) is 3.51. The van der Waals surface area contributed by atoms with Gasteiger partial charge in [-0.05, 0) is 63.1 Å². The Labute approximate surface area is 107 Å². The summed E-state index contributed by atoms with van der Waals surface area (Å²) >= 11 is 0. The molecular formula is C15H30N2. The van der Waals surface area contributed by atoms with Crippen molar-refractivity contribution in [2.75, 3.05) is 26.7 Å². The molecule has 2 aliphatic rings. The highest BCUT2D eigenvalue weighted by Gasteiger charge is 2.33. The van der Waals surface area contributed by atoms with Crippen molar-refractivity contribution in [3.8, 4) is 0 Å². The molecule has 1 atom stereocenters. The summed E-state index contributed by atoms with van der Waals surface area (Å²) < 4.78 is 0. The van der Waals surface area contributed by atoms with Crippen LogP contribution in [0.15, 0.2) is 0 Å². The lowest BCUT2D eigenvalue weighted by atomic mass is 9.75. The molecule has 100 valence electrons. The van der Waals surface area contributed by atoms with E-state index < -0.39 is 0 Å². The van der Waals surface area contributed by atoms with Crippen LogP contribution in [0, 0.1) is 17.3 Å². The van der Waals surface area contributed by atoms with E-state index in [1.165, 1.54) is 45.3 Å². The van der Waals surface area contributed by atoms with Crippen molar-refractivity contribution < 1.29 is 0 Å². The topological polar surface area (TPSA) is 15.3 Å². The highest BCUT2D eigenvalue weighted by Crippen LogP contribution is 2.36. The summed E-state index contributed by atoms with van der Waals surface area (Å²) in [7, 11) is 2.13. The fraction of sp³-hybridized carbons (Fsp3) is 1.00.